The van der Waals surface area contributed by atoms with Gasteiger partial charge in [0.1, 0.15) is 5.75 Å². The molecule has 3 nitrogen and oxygen atoms in total. The first kappa shape index (κ1) is 11.0. The maximum atomic E-state index is 5.97. The predicted molar refractivity (Wildman–Crippen MR) is 61.3 cm³/mol. The Morgan fingerprint density at radius 2 is 2.07 bits per heavy atom. The quantitative estimate of drug-likeness (QED) is 0.592. The first-order chi connectivity index (χ1) is 7.22. The Morgan fingerprint density at radius 3 is 2.80 bits per heavy atom. The number of benzene rings is 1. The van der Waals surface area contributed by atoms with Crippen LogP contribution in [0.4, 0.5) is 0 Å². The number of ether oxygens (including phenoxy) is 1. The van der Waals surface area contributed by atoms with Gasteiger partial charge in [-0.2, -0.15) is 0 Å². The highest BCUT2D eigenvalue weighted by atomic mass is 35.5. The number of nitrogens with two attached hydrogens (primary N) is 1. The third kappa shape index (κ3) is 2.21. The highest BCUT2D eigenvalue weighted by molar-refractivity contribution is 6.42. The van der Waals surface area contributed by atoms with E-state index in [4.69, 9.17) is 33.8 Å². The van der Waals surface area contributed by atoms with Gasteiger partial charge in [0.25, 0.3) is 0 Å². The molecule has 82 valence electrons. The molecule has 1 aliphatic heterocycles. The third-order valence-electron chi connectivity index (χ3n) is 2.52. The van der Waals surface area contributed by atoms with Gasteiger partial charge in [-0.25, -0.2) is 0 Å². The smallest absolute Gasteiger partial charge is 0.125 e. The molecule has 0 spiro atoms. The lowest BCUT2D eigenvalue weighted by atomic mass is 10.0. The van der Waals surface area contributed by atoms with Crippen molar-refractivity contribution in [3.05, 3.63) is 27.7 Å². The Labute approximate surface area is 98.5 Å². The van der Waals surface area contributed by atoms with Gasteiger partial charge < -0.3 is 4.74 Å². The van der Waals surface area contributed by atoms with Crippen LogP contribution in [0, 0.1) is 0 Å². The number of hydrazine groups is 1. The van der Waals surface area contributed by atoms with E-state index in [-0.39, 0.29) is 6.04 Å². The van der Waals surface area contributed by atoms with Crippen molar-refractivity contribution in [3.8, 4) is 5.75 Å². The maximum Gasteiger partial charge on any atom is 0.125 e. The summed E-state index contributed by atoms with van der Waals surface area (Å²) in [6.07, 6.45) is 1.89. The van der Waals surface area contributed by atoms with Crippen LogP contribution in [0.5, 0.6) is 5.75 Å². The number of hydrogen-bond donors (Lipinski definition) is 2. The molecule has 1 aromatic rings. The molecule has 0 fully saturated rings. The van der Waals surface area contributed by atoms with Crippen LogP contribution in [0.25, 0.3) is 0 Å². The monoisotopic (exact) mass is 246 g/mol. The van der Waals surface area contributed by atoms with Crippen LogP contribution in [0.2, 0.25) is 10.0 Å². The van der Waals surface area contributed by atoms with Gasteiger partial charge >= 0.3 is 0 Å². The molecule has 0 saturated carbocycles. The van der Waals surface area contributed by atoms with Crippen molar-refractivity contribution in [3.63, 3.8) is 0 Å². The topological polar surface area (TPSA) is 47.3 Å². The highest BCUT2D eigenvalue weighted by Crippen LogP contribution is 2.37. The van der Waals surface area contributed by atoms with Crippen LogP contribution < -0.4 is 16.0 Å². The molecular weight excluding hydrogens is 235 g/mol. The summed E-state index contributed by atoms with van der Waals surface area (Å²) in [6, 6.07) is 3.64. The first-order valence-corrected chi connectivity index (χ1v) is 5.56. The lowest BCUT2D eigenvalue weighted by Gasteiger charge is -2.16. The zero-order valence-corrected chi connectivity index (χ0v) is 9.61. The number of nitrogens with one attached hydrogen (secondary N) is 1. The largest absolute Gasteiger partial charge is 0.493 e. The zero-order valence-electron chi connectivity index (χ0n) is 8.09. The number of fused-ring (bicyclic) bond motifs is 1. The number of halogens is 2. The lowest BCUT2D eigenvalue weighted by molar-refractivity contribution is 0.315. The Kier molecular flexibility index (Phi) is 3.36. The molecule has 3 N–H and O–H groups in total. The molecule has 1 aromatic carbocycles. The molecule has 15 heavy (non-hydrogen) atoms. The van der Waals surface area contributed by atoms with Gasteiger partial charge in [0.2, 0.25) is 0 Å². The van der Waals surface area contributed by atoms with Crippen molar-refractivity contribution in [1.29, 1.82) is 0 Å². The van der Waals surface area contributed by atoms with Crippen molar-refractivity contribution in [2.24, 2.45) is 5.84 Å². The standard InChI is InChI=1S/C10H12Cl2N2O/c11-7-4-6-9(14-13)2-1-3-15-10(6)5-8(7)12/h4-5,9,14H,1-3,13H2. The van der Waals surface area contributed by atoms with Gasteiger partial charge in [0, 0.05) is 17.7 Å². The average Bonchev–Trinajstić information content (AvgIpc) is 2.41. The van der Waals surface area contributed by atoms with E-state index in [1.165, 1.54) is 0 Å². The fraction of sp³-hybridized carbons (Fsp3) is 0.400. The molecule has 1 unspecified atom stereocenters. The summed E-state index contributed by atoms with van der Waals surface area (Å²) in [6.45, 7) is 0.684. The van der Waals surface area contributed by atoms with Gasteiger partial charge in [-0.05, 0) is 18.9 Å². The minimum atomic E-state index is 0.0808. The van der Waals surface area contributed by atoms with E-state index < -0.39 is 0 Å². The van der Waals surface area contributed by atoms with Crippen LogP contribution in [0.15, 0.2) is 12.1 Å². The van der Waals surface area contributed by atoms with Gasteiger partial charge in [0.15, 0.2) is 0 Å². The Bertz CT molecular complexity index is 371. The summed E-state index contributed by atoms with van der Waals surface area (Å²) < 4.78 is 5.58. The second-order valence-electron chi connectivity index (χ2n) is 3.51. The summed E-state index contributed by atoms with van der Waals surface area (Å²) in [5, 5.41) is 1.04. The van der Waals surface area contributed by atoms with Crippen molar-refractivity contribution in [2.45, 2.75) is 18.9 Å². The summed E-state index contributed by atoms with van der Waals surface area (Å²) >= 11 is 11.9. The average molecular weight is 247 g/mol. The van der Waals surface area contributed by atoms with Gasteiger partial charge in [0.05, 0.1) is 16.7 Å². The van der Waals surface area contributed by atoms with E-state index >= 15 is 0 Å². The molecule has 0 aromatic heterocycles. The fourth-order valence-electron chi connectivity index (χ4n) is 1.74. The normalized spacial score (nSPS) is 20.3. The molecule has 5 heteroatoms. The van der Waals surface area contributed by atoms with Crippen LogP contribution in [0.3, 0.4) is 0 Å². The van der Waals surface area contributed by atoms with E-state index in [2.05, 4.69) is 5.43 Å². The summed E-state index contributed by atoms with van der Waals surface area (Å²) in [4.78, 5) is 0. The molecule has 0 amide bonds. The molecule has 1 aliphatic rings. The molecular formula is C10H12Cl2N2O. The minimum absolute atomic E-state index is 0.0808. The van der Waals surface area contributed by atoms with Crippen LogP contribution >= 0.6 is 23.2 Å². The van der Waals surface area contributed by atoms with E-state index in [0.29, 0.717) is 16.7 Å². The van der Waals surface area contributed by atoms with E-state index in [1.54, 1.807) is 6.07 Å². The van der Waals surface area contributed by atoms with Crippen LogP contribution in [0.1, 0.15) is 24.4 Å². The molecule has 0 radical (unpaired) electrons. The minimum Gasteiger partial charge on any atom is -0.493 e. The third-order valence-corrected chi connectivity index (χ3v) is 3.25. The molecule has 0 aliphatic carbocycles. The van der Waals surface area contributed by atoms with Crippen molar-refractivity contribution >= 4 is 23.2 Å². The van der Waals surface area contributed by atoms with Crippen LogP contribution in [-0.2, 0) is 0 Å². The van der Waals surface area contributed by atoms with E-state index in [9.17, 15) is 0 Å². The van der Waals surface area contributed by atoms with Crippen molar-refractivity contribution in [2.75, 3.05) is 6.61 Å². The van der Waals surface area contributed by atoms with Gasteiger partial charge in [-0.15, -0.1) is 0 Å². The maximum absolute atomic E-state index is 5.97. The molecule has 1 heterocycles. The Morgan fingerprint density at radius 1 is 1.33 bits per heavy atom. The van der Waals surface area contributed by atoms with Gasteiger partial charge in [-0.3, -0.25) is 11.3 Å². The number of hydrogen-bond acceptors (Lipinski definition) is 3. The van der Waals surface area contributed by atoms with E-state index in [1.807, 2.05) is 6.07 Å². The predicted octanol–water partition coefficient (Wildman–Crippen LogP) is 2.67. The Balaban J connectivity index is 2.46. The molecule has 0 saturated heterocycles. The lowest BCUT2D eigenvalue weighted by Crippen LogP contribution is -2.27. The van der Waals surface area contributed by atoms with Crippen molar-refractivity contribution < 1.29 is 4.74 Å². The second-order valence-corrected chi connectivity index (χ2v) is 4.33. The Hall–Kier alpha value is -0.480. The summed E-state index contributed by atoms with van der Waals surface area (Å²) in [7, 11) is 0. The SMILES string of the molecule is NNC1CCCOc2cc(Cl)c(Cl)cc21. The fourth-order valence-corrected chi connectivity index (χ4v) is 2.07. The second kappa shape index (κ2) is 4.58. The first-order valence-electron chi connectivity index (χ1n) is 4.80. The summed E-state index contributed by atoms with van der Waals surface area (Å²) in [5.41, 5.74) is 3.74. The summed E-state index contributed by atoms with van der Waals surface area (Å²) in [5.74, 6) is 6.26. The number of rotatable bonds is 1. The zero-order chi connectivity index (χ0) is 10.8. The van der Waals surface area contributed by atoms with E-state index in [0.717, 1.165) is 24.2 Å². The highest BCUT2D eigenvalue weighted by Gasteiger charge is 2.20. The molecule has 2 rings (SSSR count). The molecule has 1 atom stereocenters. The van der Waals surface area contributed by atoms with Crippen LogP contribution in [-0.4, -0.2) is 6.61 Å². The van der Waals surface area contributed by atoms with Crippen molar-refractivity contribution in [1.82, 2.24) is 5.43 Å². The van der Waals surface area contributed by atoms with Gasteiger partial charge in [-0.1, -0.05) is 23.2 Å². The molecule has 0 bridgehead atoms.